The summed E-state index contributed by atoms with van der Waals surface area (Å²) in [6.07, 6.45) is 6.04. The van der Waals surface area contributed by atoms with Crippen LogP contribution in [0.3, 0.4) is 0 Å². The Morgan fingerprint density at radius 2 is 1.55 bits per heavy atom. The maximum absolute atomic E-state index is 10.3. The number of ketones is 1. The molecule has 0 spiro atoms. The number of hydrogen-bond acceptors (Lipinski definition) is 2. The molecule has 0 saturated heterocycles. The maximum atomic E-state index is 10.3. The molecule has 0 aromatic carbocycles. The molecule has 0 amide bonds. The second kappa shape index (κ2) is 3.51. The van der Waals surface area contributed by atoms with Crippen molar-refractivity contribution < 1.29 is 14.7 Å². The molecule has 0 heterocycles. The Morgan fingerprint density at radius 3 is 1.64 bits per heavy atom. The first kappa shape index (κ1) is 8.24. The van der Waals surface area contributed by atoms with E-state index in [-0.39, 0.29) is 5.92 Å². The van der Waals surface area contributed by atoms with Crippen LogP contribution in [0, 0.1) is 5.92 Å². The van der Waals surface area contributed by atoms with E-state index in [1.807, 2.05) is 0 Å². The molecule has 2 aliphatic carbocycles. The zero-order chi connectivity index (χ0) is 8.27. The molecule has 2 fully saturated rings. The van der Waals surface area contributed by atoms with Gasteiger partial charge in [-0.3, -0.25) is 4.79 Å². The van der Waals surface area contributed by atoms with Crippen LogP contribution in [0.25, 0.3) is 0 Å². The summed E-state index contributed by atoms with van der Waals surface area (Å²) in [6.45, 7) is 0. The molecule has 0 unspecified atom stereocenters. The second-order valence-electron chi connectivity index (χ2n) is 3.00. The number of Topliss-reactive ketones (excluding diaryl/α,β-unsaturated/α-hetero) is 1. The molecular weight excluding hydrogens is 144 g/mol. The SMILES string of the molecule is C1CC1.O=C(O)C(=O)C1CC1. The van der Waals surface area contributed by atoms with Gasteiger partial charge in [0.1, 0.15) is 0 Å². The monoisotopic (exact) mass is 156 g/mol. The van der Waals surface area contributed by atoms with E-state index in [1.165, 1.54) is 19.3 Å². The van der Waals surface area contributed by atoms with Crippen LogP contribution in [0.1, 0.15) is 32.1 Å². The van der Waals surface area contributed by atoms with E-state index in [0.29, 0.717) is 0 Å². The van der Waals surface area contributed by atoms with Crippen LogP contribution in [0.5, 0.6) is 0 Å². The molecule has 62 valence electrons. The Bertz CT molecular complexity index is 165. The van der Waals surface area contributed by atoms with Crippen molar-refractivity contribution in [3.05, 3.63) is 0 Å². The Balaban J connectivity index is 0.000000167. The molecule has 0 aromatic heterocycles. The van der Waals surface area contributed by atoms with Gasteiger partial charge in [0.2, 0.25) is 5.78 Å². The molecule has 3 heteroatoms. The van der Waals surface area contributed by atoms with Crippen LogP contribution in [0.15, 0.2) is 0 Å². The minimum Gasteiger partial charge on any atom is -0.475 e. The number of hydrogen-bond donors (Lipinski definition) is 1. The van der Waals surface area contributed by atoms with Gasteiger partial charge in [-0.1, -0.05) is 19.3 Å². The maximum Gasteiger partial charge on any atom is 0.372 e. The number of carbonyl (C=O) groups is 2. The summed E-state index contributed by atoms with van der Waals surface area (Å²) >= 11 is 0. The molecule has 0 atom stereocenters. The van der Waals surface area contributed by atoms with Crippen molar-refractivity contribution in [2.24, 2.45) is 5.92 Å². The fourth-order valence-corrected chi connectivity index (χ4v) is 0.520. The highest BCUT2D eigenvalue weighted by Gasteiger charge is 2.33. The van der Waals surface area contributed by atoms with Crippen molar-refractivity contribution in [1.29, 1.82) is 0 Å². The summed E-state index contributed by atoms with van der Waals surface area (Å²) in [5.74, 6) is -2.05. The zero-order valence-electron chi connectivity index (χ0n) is 6.38. The Morgan fingerprint density at radius 1 is 1.09 bits per heavy atom. The lowest BCUT2D eigenvalue weighted by Crippen LogP contribution is -2.13. The standard InChI is InChI=1S/C5H6O3.C3H6/c6-4(5(7)8)3-1-2-3;1-2-3-1/h3H,1-2H2,(H,7,8);1-3H2. The van der Waals surface area contributed by atoms with E-state index in [0.717, 1.165) is 12.8 Å². The van der Waals surface area contributed by atoms with Gasteiger partial charge in [-0.15, -0.1) is 0 Å². The highest BCUT2D eigenvalue weighted by molar-refractivity contribution is 6.34. The average molecular weight is 156 g/mol. The molecule has 0 aliphatic heterocycles. The van der Waals surface area contributed by atoms with E-state index in [9.17, 15) is 9.59 Å². The predicted octanol–water partition coefficient (Wildman–Crippen LogP) is 1.22. The molecule has 2 aliphatic rings. The minimum atomic E-state index is -1.28. The van der Waals surface area contributed by atoms with Gasteiger partial charge >= 0.3 is 5.97 Å². The topological polar surface area (TPSA) is 54.4 Å². The van der Waals surface area contributed by atoms with Crippen molar-refractivity contribution in [2.45, 2.75) is 32.1 Å². The van der Waals surface area contributed by atoms with Crippen molar-refractivity contribution in [2.75, 3.05) is 0 Å². The molecule has 0 radical (unpaired) electrons. The molecule has 2 saturated carbocycles. The third-order valence-electron chi connectivity index (χ3n) is 1.51. The fourth-order valence-electron chi connectivity index (χ4n) is 0.520. The molecular formula is C8H12O3. The first-order valence-corrected chi connectivity index (χ1v) is 3.99. The van der Waals surface area contributed by atoms with E-state index >= 15 is 0 Å². The van der Waals surface area contributed by atoms with E-state index in [1.54, 1.807) is 0 Å². The lowest BCUT2D eigenvalue weighted by molar-refractivity contribution is -0.149. The third-order valence-corrected chi connectivity index (χ3v) is 1.51. The lowest BCUT2D eigenvalue weighted by Gasteiger charge is -1.83. The third kappa shape index (κ3) is 3.75. The Hall–Kier alpha value is -0.860. The summed E-state index contributed by atoms with van der Waals surface area (Å²) in [7, 11) is 0. The van der Waals surface area contributed by atoms with Gasteiger partial charge in [0.15, 0.2) is 0 Å². The molecule has 2 rings (SSSR count). The Labute approximate surface area is 65.4 Å². The first-order valence-electron chi connectivity index (χ1n) is 3.99. The Kier molecular flexibility index (Phi) is 2.63. The van der Waals surface area contributed by atoms with Crippen LogP contribution in [-0.2, 0) is 9.59 Å². The van der Waals surface area contributed by atoms with Gasteiger partial charge in [-0.2, -0.15) is 0 Å². The van der Waals surface area contributed by atoms with Gasteiger partial charge in [-0.05, 0) is 12.8 Å². The molecule has 3 nitrogen and oxygen atoms in total. The highest BCUT2D eigenvalue weighted by Crippen LogP contribution is 2.29. The van der Waals surface area contributed by atoms with Crippen LogP contribution in [-0.4, -0.2) is 16.9 Å². The normalized spacial score (nSPS) is 19.6. The van der Waals surface area contributed by atoms with Gasteiger partial charge in [-0.25, -0.2) is 4.79 Å². The van der Waals surface area contributed by atoms with Gasteiger partial charge in [0.25, 0.3) is 0 Å². The van der Waals surface area contributed by atoms with Crippen LogP contribution in [0.2, 0.25) is 0 Å². The number of carbonyl (C=O) groups excluding carboxylic acids is 1. The summed E-state index contributed by atoms with van der Waals surface area (Å²) in [5.41, 5.74) is 0. The minimum absolute atomic E-state index is 0.146. The summed E-state index contributed by atoms with van der Waals surface area (Å²) in [6, 6.07) is 0. The number of carboxylic acids is 1. The quantitative estimate of drug-likeness (QED) is 0.611. The van der Waals surface area contributed by atoms with Gasteiger partial charge in [0, 0.05) is 5.92 Å². The van der Waals surface area contributed by atoms with E-state index < -0.39 is 11.8 Å². The molecule has 1 N–H and O–H groups in total. The smallest absolute Gasteiger partial charge is 0.372 e. The van der Waals surface area contributed by atoms with Crippen LogP contribution < -0.4 is 0 Å². The molecule has 11 heavy (non-hydrogen) atoms. The summed E-state index contributed by atoms with van der Waals surface area (Å²) < 4.78 is 0. The fraction of sp³-hybridized carbons (Fsp3) is 0.750. The largest absolute Gasteiger partial charge is 0.475 e. The average Bonchev–Trinajstić information content (AvgIpc) is 2.78. The number of aliphatic carboxylic acids is 1. The van der Waals surface area contributed by atoms with Gasteiger partial charge in [0.05, 0.1) is 0 Å². The van der Waals surface area contributed by atoms with Crippen LogP contribution in [0.4, 0.5) is 0 Å². The number of rotatable bonds is 2. The molecule has 0 bridgehead atoms. The van der Waals surface area contributed by atoms with Crippen molar-refractivity contribution >= 4 is 11.8 Å². The van der Waals surface area contributed by atoms with E-state index in [2.05, 4.69) is 0 Å². The molecule has 0 aromatic rings. The summed E-state index contributed by atoms with van der Waals surface area (Å²) in [5, 5.41) is 8.04. The van der Waals surface area contributed by atoms with Crippen LogP contribution >= 0.6 is 0 Å². The highest BCUT2D eigenvalue weighted by atomic mass is 16.4. The van der Waals surface area contributed by atoms with Gasteiger partial charge < -0.3 is 5.11 Å². The summed E-state index contributed by atoms with van der Waals surface area (Å²) in [4.78, 5) is 20.1. The number of carboxylic acid groups (broad SMARTS) is 1. The van der Waals surface area contributed by atoms with Crippen molar-refractivity contribution in [3.63, 3.8) is 0 Å². The second-order valence-corrected chi connectivity index (χ2v) is 3.00. The predicted molar refractivity (Wildman–Crippen MR) is 39.2 cm³/mol. The van der Waals surface area contributed by atoms with E-state index in [4.69, 9.17) is 5.11 Å². The zero-order valence-corrected chi connectivity index (χ0v) is 6.38. The first-order chi connectivity index (χ1) is 5.22. The van der Waals surface area contributed by atoms with Crippen molar-refractivity contribution in [3.8, 4) is 0 Å². The lowest BCUT2D eigenvalue weighted by atomic mass is 10.3. The van der Waals surface area contributed by atoms with Crippen molar-refractivity contribution in [1.82, 2.24) is 0 Å².